The predicted molar refractivity (Wildman–Crippen MR) is 91.6 cm³/mol. The third-order valence-corrected chi connectivity index (χ3v) is 10.3. The van der Waals surface area contributed by atoms with E-state index < -0.39 is 79.2 Å². The molecule has 0 heterocycles. The summed E-state index contributed by atoms with van der Waals surface area (Å²) in [4.78, 5) is 0. The molecule has 0 spiro atoms. The van der Waals surface area contributed by atoms with Gasteiger partial charge in [0.25, 0.3) is 0 Å². The maximum Gasteiger partial charge on any atom is 0.460 e. The fourth-order valence-corrected chi connectivity index (χ4v) is 4.10. The molecule has 260 valence electrons. The van der Waals surface area contributed by atoms with Crippen molar-refractivity contribution in [2.75, 3.05) is 14.1 Å². The van der Waals surface area contributed by atoms with E-state index in [9.17, 15) is 110 Å². The summed E-state index contributed by atoms with van der Waals surface area (Å²) in [6.45, 7) is -0.175. The summed E-state index contributed by atoms with van der Waals surface area (Å²) in [7, 11) is -4.98. The van der Waals surface area contributed by atoms with Crippen molar-refractivity contribution < 1.29 is 110 Å². The number of halogens is 25. The standard InChI is InChI=1S/C16H12F25NSi/c1-42(2)43(3,4)16(40,41)14(35,36)12(31,32)10(27,28)8(23,24)6(19,20)5(17,18)7(21,22)9(25,26)11(29,30)13(33,34)15(37,38)39/h1-4H3. The van der Waals surface area contributed by atoms with Crippen LogP contribution in [0.15, 0.2) is 0 Å². The molecule has 0 atom stereocenters. The molecule has 0 rings (SSSR count). The van der Waals surface area contributed by atoms with Gasteiger partial charge in [0, 0.05) is 0 Å². The molecule has 0 N–H and O–H groups in total. The minimum Gasteiger partial charge on any atom is -0.325 e. The molecule has 0 aliphatic heterocycles. The first-order valence-corrected chi connectivity index (χ1v) is 12.8. The highest BCUT2D eigenvalue weighted by atomic mass is 28.3. The molecule has 0 amide bonds. The van der Waals surface area contributed by atoms with Gasteiger partial charge in [-0.05, 0) is 14.1 Å². The molecular weight excluding hydrogens is 709 g/mol. The van der Waals surface area contributed by atoms with E-state index in [0.717, 1.165) is 0 Å². The van der Waals surface area contributed by atoms with Crippen LogP contribution in [0.2, 0.25) is 13.1 Å². The van der Waals surface area contributed by atoms with Gasteiger partial charge < -0.3 is 4.57 Å². The smallest absolute Gasteiger partial charge is 0.325 e. The second-order valence-electron chi connectivity index (χ2n) is 9.27. The molecule has 0 saturated heterocycles. The van der Waals surface area contributed by atoms with Gasteiger partial charge in [-0.1, -0.05) is 13.1 Å². The van der Waals surface area contributed by atoms with Crippen LogP contribution in [0.3, 0.4) is 0 Å². The zero-order valence-corrected chi connectivity index (χ0v) is 21.4. The summed E-state index contributed by atoms with van der Waals surface area (Å²) < 4.78 is 337. The summed E-state index contributed by atoms with van der Waals surface area (Å²) in [5.41, 5.74) is -6.70. The van der Waals surface area contributed by atoms with Crippen LogP contribution in [0, 0.1) is 0 Å². The molecule has 43 heavy (non-hydrogen) atoms. The van der Waals surface area contributed by atoms with E-state index in [0.29, 0.717) is 14.1 Å². The third-order valence-electron chi connectivity index (χ3n) is 6.19. The van der Waals surface area contributed by atoms with Gasteiger partial charge >= 0.3 is 70.9 Å². The van der Waals surface area contributed by atoms with Crippen molar-refractivity contribution in [1.82, 2.24) is 4.57 Å². The maximum atomic E-state index is 14.3. The van der Waals surface area contributed by atoms with E-state index in [1.165, 1.54) is 0 Å². The molecule has 0 fully saturated rings. The lowest BCUT2D eigenvalue weighted by atomic mass is 9.85. The first-order valence-electron chi connectivity index (χ1n) is 9.84. The lowest BCUT2D eigenvalue weighted by Gasteiger charge is -2.47. The van der Waals surface area contributed by atoms with Crippen molar-refractivity contribution in [2.24, 2.45) is 0 Å². The number of rotatable bonds is 12. The Morgan fingerprint density at radius 1 is 0.302 bits per heavy atom. The highest BCUT2D eigenvalue weighted by Crippen LogP contribution is 2.68. The van der Waals surface area contributed by atoms with Gasteiger partial charge in [0.15, 0.2) is 0 Å². The van der Waals surface area contributed by atoms with Crippen LogP contribution in [0.1, 0.15) is 0 Å². The minimum atomic E-state index is -9.58. The van der Waals surface area contributed by atoms with Crippen LogP contribution in [0.5, 0.6) is 0 Å². The Morgan fingerprint density at radius 2 is 0.465 bits per heavy atom. The topological polar surface area (TPSA) is 3.24 Å². The van der Waals surface area contributed by atoms with Crippen LogP contribution in [-0.2, 0) is 0 Å². The SMILES string of the molecule is CN(C)[Si](C)(C)C(F)(F)C(F)(F)C(F)(F)C(F)(F)C(F)(F)C(F)(F)C(F)(F)C(F)(F)C(F)(F)C(F)(F)C(F)(F)C(F)(F)F. The fraction of sp³-hybridized carbons (Fsp3) is 1.00. The summed E-state index contributed by atoms with van der Waals surface area (Å²) >= 11 is 0. The van der Waals surface area contributed by atoms with Crippen LogP contribution in [-0.4, -0.2) is 97.8 Å². The Balaban J connectivity index is 7.47. The van der Waals surface area contributed by atoms with E-state index >= 15 is 0 Å². The van der Waals surface area contributed by atoms with Gasteiger partial charge in [-0.15, -0.1) is 0 Å². The molecule has 0 aromatic carbocycles. The normalized spacial score (nSPS) is 17.2. The molecule has 0 radical (unpaired) electrons. The second kappa shape index (κ2) is 9.96. The number of hydrogen-bond donors (Lipinski definition) is 0. The van der Waals surface area contributed by atoms with Gasteiger partial charge in [0.1, 0.15) is 0 Å². The van der Waals surface area contributed by atoms with Crippen molar-refractivity contribution in [3.05, 3.63) is 0 Å². The van der Waals surface area contributed by atoms with Gasteiger partial charge in [-0.3, -0.25) is 0 Å². The highest BCUT2D eigenvalue weighted by molar-refractivity contribution is 6.77. The number of nitrogens with zero attached hydrogens (tertiary/aromatic N) is 1. The third kappa shape index (κ3) is 4.72. The Morgan fingerprint density at radius 3 is 0.628 bits per heavy atom. The van der Waals surface area contributed by atoms with E-state index in [4.69, 9.17) is 0 Å². The van der Waals surface area contributed by atoms with Gasteiger partial charge in [0.2, 0.25) is 8.24 Å². The molecule has 0 aromatic heterocycles. The highest BCUT2D eigenvalue weighted by Gasteiger charge is 2.99. The zero-order chi connectivity index (χ0) is 36.1. The van der Waals surface area contributed by atoms with Crippen LogP contribution in [0.4, 0.5) is 110 Å². The average Bonchev–Trinajstić information content (AvgIpc) is 2.76. The quantitative estimate of drug-likeness (QED) is 0.144. The van der Waals surface area contributed by atoms with Crippen LogP contribution in [0.25, 0.3) is 0 Å². The number of alkyl halides is 25. The van der Waals surface area contributed by atoms with Crippen LogP contribution >= 0.6 is 0 Å². The molecule has 1 nitrogen and oxygen atoms in total. The van der Waals surface area contributed by atoms with Crippen molar-refractivity contribution >= 4 is 8.24 Å². The Bertz CT molecular complexity index is 1020. The predicted octanol–water partition coefficient (Wildman–Crippen LogP) is 8.84. The first kappa shape index (κ1) is 41.4. The lowest BCUT2D eigenvalue weighted by Crippen LogP contribution is -2.79. The fourth-order valence-electron chi connectivity index (χ4n) is 2.62. The van der Waals surface area contributed by atoms with Crippen molar-refractivity contribution in [2.45, 2.75) is 84.0 Å². The Kier molecular flexibility index (Phi) is 9.60. The maximum absolute atomic E-state index is 14.3. The second-order valence-corrected chi connectivity index (χ2v) is 13.9. The molecule has 0 saturated carbocycles. The Labute approximate surface area is 222 Å². The van der Waals surface area contributed by atoms with Gasteiger partial charge in [0.05, 0.1) is 0 Å². The molecule has 0 unspecified atom stereocenters. The molecule has 0 aliphatic carbocycles. The van der Waals surface area contributed by atoms with Crippen molar-refractivity contribution in [1.29, 1.82) is 0 Å². The number of hydrogen-bond acceptors (Lipinski definition) is 1. The zero-order valence-electron chi connectivity index (χ0n) is 20.4. The van der Waals surface area contributed by atoms with Crippen molar-refractivity contribution in [3.63, 3.8) is 0 Å². The van der Waals surface area contributed by atoms with Gasteiger partial charge in [-0.25, -0.2) is 8.78 Å². The monoisotopic (exact) mass is 721 g/mol. The minimum absolute atomic E-state index is 0.0877. The van der Waals surface area contributed by atoms with Crippen LogP contribution < -0.4 is 0 Å². The van der Waals surface area contributed by atoms with E-state index in [1.54, 1.807) is 0 Å². The summed E-state index contributed by atoms with van der Waals surface area (Å²) in [6.07, 6.45) is -8.16. The lowest BCUT2D eigenvalue weighted by molar-refractivity contribution is -0.481. The molecule has 0 aliphatic rings. The van der Waals surface area contributed by atoms with E-state index in [2.05, 4.69) is 0 Å². The average molecular weight is 721 g/mol. The Hall–Kier alpha value is -1.57. The molecular formula is C16H12F25NSi. The summed E-state index contributed by atoms with van der Waals surface area (Å²) in [5.74, 6) is -91.2. The summed E-state index contributed by atoms with van der Waals surface area (Å²) in [5, 5.41) is 0. The summed E-state index contributed by atoms with van der Waals surface area (Å²) in [6, 6.07) is 0. The van der Waals surface area contributed by atoms with E-state index in [1.807, 2.05) is 0 Å². The molecule has 0 aromatic rings. The first-order chi connectivity index (χ1) is 17.9. The van der Waals surface area contributed by atoms with Gasteiger partial charge in [-0.2, -0.15) is 101 Å². The largest absolute Gasteiger partial charge is 0.460 e. The van der Waals surface area contributed by atoms with Crippen molar-refractivity contribution in [3.8, 4) is 0 Å². The molecule has 0 bridgehead atoms. The van der Waals surface area contributed by atoms with E-state index in [-0.39, 0.29) is 17.7 Å². The molecule has 27 heteroatoms.